The molecule has 1 aliphatic rings. The molecule has 1 N–H and O–H groups in total. The Labute approximate surface area is 177 Å². The Morgan fingerprint density at radius 3 is 2.47 bits per heavy atom. The van der Waals surface area contributed by atoms with Crippen LogP contribution in [0.15, 0.2) is 48.5 Å². The zero-order chi connectivity index (χ0) is 21.1. The summed E-state index contributed by atoms with van der Waals surface area (Å²) in [5.74, 6) is 0.639. The number of benzene rings is 2. The number of anilines is 3. The zero-order valence-corrected chi connectivity index (χ0v) is 17.8. The van der Waals surface area contributed by atoms with Crippen molar-refractivity contribution in [1.29, 1.82) is 0 Å². The Bertz CT molecular complexity index is 1040. The van der Waals surface area contributed by atoms with Crippen molar-refractivity contribution in [2.24, 2.45) is 0 Å². The lowest BCUT2D eigenvalue weighted by Crippen LogP contribution is -2.36. The predicted molar refractivity (Wildman–Crippen MR) is 122 cm³/mol. The second-order valence-electron chi connectivity index (χ2n) is 7.83. The number of fused-ring (bicyclic) bond motifs is 1. The third-order valence-electron chi connectivity index (χ3n) is 5.55. The fourth-order valence-electron chi connectivity index (χ4n) is 3.86. The molecule has 156 valence electrons. The Balaban J connectivity index is 1.75. The first-order valence-electron chi connectivity index (χ1n) is 10.4. The van der Waals surface area contributed by atoms with Gasteiger partial charge in [0.1, 0.15) is 17.0 Å². The summed E-state index contributed by atoms with van der Waals surface area (Å²) in [5, 5.41) is 4.40. The number of carbonyl (C=O) groups is 1. The van der Waals surface area contributed by atoms with Gasteiger partial charge >= 0.3 is 0 Å². The first-order valence-corrected chi connectivity index (χ1v) is 10.4. The van der Waals surface area contributed by atoms with Crippen LogP contribution in [0.1, 0.15) is 29.8 Å². The monoisotopic (exact) mass is 404 g/mol. The van der Waals surface area contributed by atoms with Gasteiger partial charge in [-0.05, 0) is 55.7 Å². The van der Waals surface area contributed by atoms with Gasteiger partial charge in [-0.3, -0.25) is 4.79 Å². The van der Waals surface area contributed by atoms with E-state index in [1.807, 2.05) is 55.4 Å². The Kier molecular flexibility index (Phi) is 5.74. The van der Waals surface area contributed by atoms with E-state index in [0.717, 1.165) is 48.4 Å². The van der Waals surface area contributed by atoms with Gasteiger partial charge in [-0.25, -0.2) is 4.98 Å². The van der Waals surface area contributed by atoms with Crippen LogP contribution in [0.2, 0.25) is 0 Å². The number of amides is 1. The topological polar surface area (TPSA) is 57.7 Å². The van der Waals surface area contributed by atoms with E-state index >= 15 is 0 Å². The van der Waals surface area contributed by atoms with Gasteiger partial charge in [-0.2, -0.15) is 0 Å². The van der Waals surface area contributed by atoms with Gasteiger partial charge in [0.05, 0.1) is 12.8 Å². The van der Waals surface area contributed by atoms with Crippen molar-refractivity contribution in [3.63, 3.8) is 0 Å². The normalized spacial score (nSPS) is 13.9. The van der Waals surface area contributed by atoms with Crippen molar-refractivity contribution in [2.75, 3.05) is 44.5 Å². The molecule has 0 radical (unpaired) electrons. The predicted octanol–water partition coefficient (Wildman–Crippen LogP) is 4.68. The zero-order valence-electron chi connectivity index (χ0n) is 17.8. The number of ether oxygens (including phenoxy) is 1. The molecule has 2 aromatic carbocycles. The Morgan fingerprint density at radius 2 is 1.80 bits per heavy atom. The van der Waals surface area contributed by atoms with E-state index in [2.05, 4.69) is 22.3 Å². The van der Waals surface area contributed by atoms with Crippen LogP contribution in [0.4, 0.5) is 17.1 Å². The van der Waals surface area contributed by atoms with E-state index in [1.54, 1.807) is 7.11 Å². The molecule has 0 spiro atoms. The molecule has 3 aromatic rings. The van der Waals surface area contributed by atoms with Crippen molar-refractivity contribution >= 4 is 33.9 Å². The fourth-order valence-corrected chi connectivity index (χ4v) is 3.86. The summed E-state index contributed by atoms with van der Waals surface area (Å²) in [4.78, 5) is 21.8. The van der Waals surface area contributed by atoms with Crippen LogP contribution in [0.25, 0.3) is 10.9 Å². The maximum Gasteiger partial charge on any atom is 0.272 e. The molecule has 4 rings (SSSR count). The third-order valence-corrected chi connectivity index (χ3v) is 5.55. The first kappa shape index (κ1) is 20.0. The number of pyridine rings is 1. The van der Waals surface area contributed by atoms with E-state index in [-0.39, 0.29) is 5.91 Å². The molecule has 1 fully saturated rings. The number of methoxy groups -OCH3 is 1. The highest BCUT2D eigenvalue weighted by molar-refractivity contribution is 6.02. The van der Waals surface area contributed by atoms with E-state index in [4.69, 9.17) is 9.72 Å². The summed E-state index contributed by atoms with van der Waals surface area (Å²) in [5.41, 5.74) is 4.06. The van der Waals surface area contributed by atoms with Gasteiger partial charge in [0.2, 0.25) is 0 Å². The van der Waals surface area contributed by atoms with Crippen molar-refractivity contribution < 1.29 is 9.53 Å². The maximum atomic E-state index is 13.2. The molecule has 1 amide bonds. The standard InChI is InChI=1S/C24H28N4O2/c1-27(2)18-12-10-17(11-13-18)25-20-16-21(24(29)28-14-5-4-6-15-28)26-23-19(20)8-7-9-22(23)30-3/h7-13,16H,4-6,14-15H2,1-3H3,(H,25,26). The van der Waals surface area contributed by atoms with Crippen LogP contribution in [0.3, 0.4) is 0 Å². The Hall–Kier alpha value is -3.28. The molecule has 6 heteroatoms. The SMILES string of the molecule is COc1cccc2c(Nc3ccc(N(C)C)cc3)cc(C(=O)N3CCCCC3)nc12. The smallest absolute Gasteiger partial charge is 0.272 e. The van der Waals surface area contributed by atoms with E-state index in [9.17, 15) is 4.79 Å². The molecule has 0 aliphatic carbocycles. The molecule has 1 aromatic heterocycles. The molecular formula is C24H28N4O2. The van der Waals surface area contributed by atoms with Crippen molar-refractivity contribution in [3.8, 4) is 5.75 Å². The summed E-state index contributed by atoms with van der Waals surface area (Å²) in [6, 6.07) is 15.9. The van der Waals surface area contributed by atoms with E-state index in [0.29, 0.717) is 17.0 Å². The van der Waals surface area contributed by atoms with Crippen LogP contribution in [0, 0.1) is 0 Å². The van der Waals surface area contributed by atoms with Crippen LogP contribution in [-0.2, 0) is 0 Å². The fraction of sp³-hybridized carbons (Fsp3) is 0.333. The van der Waals surface area contributed by atoms with Gasteiger partial charge in [-0.15, -0.1) is 0 Å². The minimum atomic E-state index is -0.0199. The van der Waals surface area contributed by atoms with Gasteiger partial charge in [0.15, 0.2) is 0 Å². The number of piperidine rings is 1. The number of nitrogens with zero attached hydrogens (tertiary/aromatic N) is 3. The van der Waals surface area contributed by atoms with Crippen molar-refractivity contribution in [3.05, 3.63) is 54.2 Å². The number of para-hydroxylation sites is 1. The average Bonchev–Trinajstić information content (AvgIpc) is 2.79. The third kappa shape index (κ3) is 4.03. The lowest BCUT2D eigenvalue weighted by molar-refractivity contribution is 0.0719. The van der Waals surface area contributed by atoms with E-state index < -0.39 is 0 Å². The summed E-state index contributed by atoms with van der Waals surface area (Å²) in [7, 11) is 5.66. The highest BCUT2D eigenvalue weighted by Gasteiger charge is 2.21. The number of rotatable bonds is 5. The molecule has 0 saturated carbocycles. The van der Waals surface area contributed by atoms with Gasteiger partial charge in [0, 0.05) is 43.9 Å². The first-order chi connectivity index (χ1) is 14.6. The summed E-state index contributed by atoms with van der Waals surface area (Å²) >= 11 is 0. The highest BCUT2D eigenvalue weighted by Crippen LogP contribution is 2.32. The number of aromatic nitrogens is 1. The van der Waals surface area contributed by atoms with Crippen LogP contribution >= 0.6 is 0 Å². The molecule has 1 aliphatic heterocycles. The number of carbonyl (C=O) groups excluding carboxylic acids is 1. The summed E-state index contributed by atoms with van der Waals surface area (Å²) < 4.78 is 5.53. The number of hydrogen-bond acceptors (Lipinski definition) is 5. The van der Waals surface area contributed by atoms with Gasteiger partial charge in [-0.1, -0.05) is 12.1 Å². The van der Waals surface area contributed by atoms with Crippen LogP contribution < -0.4 is 15.0 Å². The molecule has 2 heterocycles. The molecule has 0 atom stereocenters. The average molecular weight is 405 g/mol. The molecule has 0 unspecified atom stereocenters. The van der Waals surface area contributed by atoms with Crippen molar-refractivity contribution in [1.82, 2.24) is 9.88 Å². The minimum absolute atomic E-state index is 0.0199. The quantitative estimate of drug-likeness (QED) is 0.669. The van der Waals surface area contributed by atoms with E-state index in [1.165, 1.54) is 6.42 Å². The largest absolute Gasteiger partial charge is 0.494 e. The number of likely N-dealkylation sites (tertiary alicyclic amines) is 1. The number of nitrogens with one attached hydrogen (secondary N) is 1. The molecule has 30 heavy (non-hydrogen) atoms. The summed E-state index contributed by atoms with van der Waals surface area (Å²) in [6.45, 7) is 1.58. The van der Waals surface area contributed by atoms with Crippen LogP contribution in [0.5, 0.6) is 5.75 Å². The van der Waals surface area contributed by atoms with Crippen LogP contribution in [-0.4, -0.2) is 50.1 Å². The second-order valence-corrected chi connectivity index (χ2v) is 7.83. The maximum absolute atomic E-state index is 13.2. The molecule has 6 nitrogen and oxygen atoms in total. The highest BCUT2D eigenvalue weighted by atomic mass is 16.5. The Morgan fingerprint density at radius 1 is 1.07 bits per heavy atom. The summed E-state index contributed by atoms with van der Waals surface area (Å²) in [6.07, 6.45) is 3.27. The number of hydrogen-bond donors (Lipinski definition) is 1. The molecule has 0 bridgehead atoms. The van der Waals surface area contributed by atoms with Gasteiger partial charge in [0.25, 0.3) is 5.91 Å². The lowest BCUT2D eigenvalue weighted by atomic mass is 10.1. The molecule has 1 saturated heterocycles. The second kappa shape index (κ2) is 8.61. The van der Waals surface area contributed by atoms with Crippen molar-refractivity contribution in [2.45, 2.75) is 19.3 Å². The minimum Gasteiger partial charge on any atom is -0.494 e. The van der Waals surface area contributed by atoms with Gasteiger partial charge < -0.3 is 19.9 Å². The lowest BCUT2D eigenvalue weighted by Gasteiger charge is -2.26. The molecular weight excluding hydrogens is 376 g/mol.